The van der Waals surface area contributed by atoms with E-state index in [1.54, 1.807) is 0 Å². The van der Waals surface area contributed by atoms with Crippen molar-refractivity contribution in [3.05, 3.63) is 35.4 Å². The number of likely N-dealkylation sites (tertiary alicyclic amines) is 1. The summed E-state index contributed by atoms with van der Waals surface area (Å²) in [6.07, 6.45) is 1.25. The maximum Gasteiger partial charge on any atom is 0.309 e. The zero-order chi connectivity index (χ0) is 15.6. The summed E-state index contributed by atoms with van der Waals surface area (Å²) in [6, 6.07) is 3.02. The lowest BCUT2D eigenvalue weighted by Gasteiger charge is -2.38. The molecule has 0 saturated carbocycles. The fourth-order valence-corrected chi connectivity index (χ4v) is 2.67. The molecule has 0 atom stereocenters. The monoisotopic (exact) mass is 297 g/mol. The summed E-state index contributed by atoms with van der Waals surface area (Å²) in [4.78, 5) is 25.1. The quantitative estimate of drug-likeness (QED) is 0.933. The summed E-state index contributed by atoms with van der Waals surface area (Å²) in [7, 11) is 0. The number of carboxylic acid groups (broad SMARTS) is 1. The van der Waals surface area contributed by atoms with Gasteiger partial charge in [-0.1, -0.05) is 6.92 Å². The van der Waals surface area contributed by atoms with Gasteiger partial charge >= 0.3 is 5.97 Å². The molecule has 114 valence electrons. The van der Waals surface area contributed by atoms with Crippen LogP contribution in [0.1, 0.15) is 36.5 Å². The van der Waals surface area contributed by atoms with E-state index < -0.39 is 28.9 Å². The largest absolute Gasteiger partial charge is 0.481 e. The van der Waals surface area contributed by atoms with Crippen LogP contribution in [0.5, 0.6) is 0 Å². The molecule has 1 aromatic rings. The number of carbonyl (C=O) groups excluding carboxylic acids is 1. The summed E-state index contributed by atoms with van der Waals surface area (Å²) >= 11 is 0. The minimum Gasteiger partial charge on any atom is -0.481 e. The number of aliphatic carboxylic acids is 1. The number of carboxylic acids is 1. The number of benzene rings is 1. The van der Waals surface area contributed by atoms with Crippen LogP contribution in [0.25, 0.3) is 0 Å². The molecule has 1 amide bonds. The first-order valence-corrected chi connectivity index (χ1v) is 6.87. The van der Waals surface area contributed by atoms with Crippen molar-refractivity contribution in [3.63, 3.8) is 0 Å². The average Bonchev–Trinajstić information content (AvgIpc) is 2.49. The van der Waals surface area contributed by atoms with Gasteiger partial charge in [-0.3, -0.25) is 9.59 Å². The predicted octanol–water partition coefficient (Wildman–Crippen LogP) is 2.68. The van der Waals surface area contributed by atoms with Crippen molar-refractivity contribution in [2.45, 2.75) is 26.2 Å². The lowest BCUT2D eigenvalue weighted by Crippen LogP contribution is -2.46. The lowest BCUT2D eigenvalue weighted by atomic mass is 9.76. The Hall–Kier alpha value is -1.98. The second-order valence-electron chi connectivity index (χ2n) is 5.36. The molecular weight excluding hydrogens is 280 g/mol. The first-order chi connectivity index (χ1) is 9.89. The van der Waals surface area contributed by atoms with Gasteiger partial charge < -0.3 is 10.0 Å². The zero-order valence-corrected chi connectivity index (χ0v) is 11.7. The van der Waals surface area contributed by atoms with Crippen molar-refractivity contribution < 1.29 is 23.5 Å². The third kappa shape index (κ3) is 2.89. The number of rotatable bonds is 3. The Bertz CT molecular complexity index is 566. The van der Waals surface area contributed by atoms with E-state index >= 15 is 0 Å². The number of amides is 1. The fraction of sp³-hybridized carbons (Fsp3) is 0.467. The van der Waals surface area contributed by atoms with Crippen molar-refractivity contribution >= 4 is 11.9 Å². The number of piperidine rings is 1. The second kappa shape index (κ2) is 5.79. The highest BCUT2D eigenvalue weighted by molar-refractivity contribution is 5.94. The van der Waals surface area contributed by atoms with E-state index in [2.05, 4.69) is 0 Å². The Labute approximate surface area is 121 Å². The Morgan fingerprint density at radius 1 is 1.24 bits per heavy atom. The molecule has 0 bridgehead atoms. The van der Waals surface area contributed by atoms with Gasteiger partial charge in [0, 0.05) is 18.7 Å². The van der Waals surface area contributed by atoms with Crippen LogP contribution in [0.15, 0.2) is 18.2 Å². The van der Waals surface area contributed by atoms with Gasteiger partial charge in [-0.15, -0.1) is 0 Å². The molecule has 21 heavy (non-hydrogen) atoms. The third-order valence-electron chi connectivity index (χ3n) is 4.30. The maximum atomic E-state index is 13.2. The molecule has 0 aliphatic carbocycles. The smallest absolute Gasteiger partial charge is 0.309 e. The van der Waals surface area contributed by atoms with Gasteiger partial charge in [0.05, 0.1) is 5.41 Å². The van der Waals surface area contributed by atoms with Crippen LogP contribution in [-0.4, -0.2) is 35.0 Å². The van der Waals surface area contributed by atoms with E-state index in [4.69, 9.17) is 0 Å². The van der Waals surface area contributed by atoms with Crippen LogP contribution in [0.3, 0.4) is 0 Å². The van der Waals surface area contributed by atoms with Gasteiger partial charge in [0.2, 0.25) is 0 Å². The molecule has 0 unspecified atom stereocenters. The summed E-state index contributed by atoms with van der Waals surface area (Å²) in [6.45, 7) is 2.43. The molecular formula is C15H17F2NO3. The zero-order valence-electron chi connectivity index (χ0n) is 11.7. The van der Waals surface area contributed by atoms with E-state index in [1.165, 1.54) is 11.0 Å². The first kappa shape index (κ1) is 15.4. The highest BCUT2D eigenvalue weighted by Gasteiger charge is 2.40. The standard InChI is InChI=1S/C15H17F2NO3/c1-2-15(14(20)21)5-7-18(8-6-15)13(19)10-3-4-11(16)12(17)9-10/h3-4,9H,2,5-8H2,1H3,(H,20,21). The fourth-order valence-electron chi connectivity index (χ4n) is 2.67. The van der Waals surface area contributed by atoms with E-state index in [-0.39, 0.29) is 5.56 Å². The maximum absolute atomic E-state index is 13.2. The molecule has 1 fully saturated rings. The van der Waals surface area contributed by atoms with Crippen LogP contribution in [-0.2, 0) is 4.79 Å². The molecule has 4 nitrogen and oxygen atoms in total. The van der Waals surface area contributed by atoms with E-state index in [9.17, 15) is 23.5 Å². The van der Waals surface area contributed by atoms with Gasteiger partial charge in [0.1, 0.15) is 0 Å². The molecule has 0 spiro atoms. The first-order valence-electron chi connectivity index (χ1n) is 6.87. The van der Waals surface area contributed by atoms with Crippen molar-refractivity contribution in [1.29, 1.82) is 0 Å². The van der Waals surface area contributed by atoms with Crippen molar-refractivity contribution in [2.75, 3.05) is 13.1 Å². The molecule has 1 aromatic carbocycles. The third-order valence-corrected chi connectivity index (χ3v) is 4.30. The Balaban J connectivity index is 2.09. The van der Waals surface area contributed by atoms with Gasteiger partial charge in [0.15, 0.2) is 11.6 Å². The second-order valence-corrected chi connectivity index (χ2v) is 5.36. The lowest BCUT2D eigenvalue weighted by molar-refractivity contribution is -0.152. The molecule has 0 aromatic heterocycles. The Kier molecular flexibility index (Phi) is 4.25. The van der Waals surface area contributed by atoms with Gasteiger partial charge in [-0.05, 0) is 37.5 Å². The molecule has 1 aliphatic rings. The summed E-state index contributed by atoms with van der Waals surface area (Å²) in [5.74, 6) is -3.30. The van der Waals surface area contributed by atoms with E-state index in [1.807, 2.05) is 6.92 Å². The van der Waals surface area contributed by atoms with Crippen LogP contribution >= 0.6 is 0 Å². The Morgan fingerprint density at radius 3 is 2.33 bits per heavy atom. The van der Waals surface area contributed by atoms with E-state index in [0.29, 0.717) is 32.4 Å². The normalized spacial score (nSPS) is 17.6. The van der Waals surface area contributed by atoms with Crippen LogP contribution in [0.2, 0.25) is 0 Å². The summed E-state index contributed by atoms with van der Waals surface area (Å²) in [5, 5.41) is 9.30. The number of carbonyl (C=O) groups is 2. The van der Waals surface area contributed by atoms with Gasteiger partial charge in [0.25, 0.3) is 5.91 Å². The predicted molar refractivity (Wildman–Crippen MR) is 71.9 cm³/mol. The van der Waals surface area contributed by atoms with Crippen molar-refractivity contribution in [2.24, 2.45) is 5.41 Å². The molecule has 0 radical (unpaired) electrons. The summed E-state index contributed by atoms with van der Waals surface area (Å²) < 4.78 is 26.0. The SMILES string of the molecule is CCC1(C(=O)O)CCN(C(=O)c2ccc(F)c(F)c2)CC1. The van der Waals surface area contributed by atoms with Crippen LogP contribution < -0.4 is 0 Å². The molecule has 1 saturated heterocycles. The van der Waals surface area contributed by atoms with Crippen molar-refractivity contribution in [3.8, 4) is 0 Å². The van der Waals surface area contributed by atoms with Crippen LogP contribution in [0, 0.1) is 17.0 Å². The van der Waals surface area contributed by atoms with Crippen molar-refractivity contribution in [1.82, 2.24) is 4.90 Å². The molecule has 2 rings (SSSR count). The Morgan fingerprint density at radius 2 is 1.86 bits per heavy atom. The number of hydrogen-bond acceptors (Lipinski definition) is 2. The average molecular weight is 297 g/mol. The topological polar surface area (TPSA) is 57.6 Å². The molecule has 1 heterocycles. The number of nitrogens with zero attached hydrogens (tertiary/aromatic N) is 1. The van der Waals surface area contributed by atoms with Crippen LogP contribution in [0.4, 0.5) is 8.78 Å². The molecule has 1 N–H and O–H groups in total. The summed E-state index contributed by atoms with van der Waals surface area (Å²) in [5.41, 5.74) is -0.710. The van der Waals surface area contributed by atoms with E-state index in [0.717, 1.165) is 12.1 Å². The minimum atomic E-state index is -1.06. The van der Waals surface area contributed by atoms with Gasteiger partial charge in [-0.2, -0.15) is 0 Å². The number of halogens is 2. The molecule has 1 aliphatic heterocycles. The minimum absolute atomic E-state index is 0.0771. The van der Waals surface area contributed by atoms with Gasteiger partial charge in [-0.25, -0.2) is 8.78 Å². The highest BCUT2D eigenvalue weighted by atomic mass is 19.2. The molecule has 6 heteroatoms. The highest BCUT2D eigenvalue weighted by Crippen LogP contribution is 2.35. The number of hydrogen-bond donors (Lipinski definition) is 1.